The highest BCUT2D eigenvalue weighted by molar-refractivity contribution is 7.89. The Morgan fingerprint density at radius 3 is 2.41 bits per heavy atom. The molecule has 3 aromatic rings. The summed E-state index contributed by atoms with van der Waals surface area (Å²) in [6.45, 7) is 1.60. The number of anilines is 2. The van der Waals surface area contributed by atoms with Gasteiger partial charge in [-0.1, -0.05) is 18.2 Å². The lowest BCUT2D eigenvalue weighted by Crippen LogP contribution is -2.49. The van der Waals surface area contributed by atoms with Crippen molar-refractivity contribution in [3.05, 3.63) is 78.6 Å². The van der Waals surface area contributed by atoms with Crippen LogP contribution in [0.3, 0.4) is 0 Å². The highest BCUT2D eigenvalue weighted by Crippen LogP contribution is 2.22. The van der Waals surface area contributed by atoms with Crippen molar-refractivity contribution in [2.24, 2.45) is 0 Å². The van der Waals surface area contributed by atoms with Gasteiger partial charge in [-0.3, -0.25) is 9.59 Å². The molecule has 0 radical (unpaired) electrons. The molecule has 37 heavy (non-hydrogen) atoms. The summed E-state index contributed by atoms with van der Waals surface area (Å²) in [5.74, 6) is -1.27. The van der Waals surface area contributed by atoms with E-state index in [1.165, 1.54) is 12.1 Å². The highest BCUT2D eigenvalue weighted by atomic mass is 32.2. The number of aliphatic carboxylic acids is 1. The maximum Gasteiger partial charge on any atom is 0.306 e. The summed E-state index contributed by atoms with van der Waals surface area (Å²) in [6, 6.07) is 16.4. The molecule has 12 heteroatoms. The summed E-state index contributed by atoms with van der Waals surface area (Å²) >= 11 is 0. The van der Waals surface area contributed by atoms with Crippen molar-refractivity contribution in [2.75, 3.05) is 23.3 Å². The van der Waals surface area contributed by atoms with Crippen LogP contribution in [-0.4, -0.2) is 60.7 Å². The summed E-state index contributed by atoms with van der Waals surface area (Å²) in [6.07, 6.45) is 3.39. The standard InChI is InChI=1S/C25H28N6O5S/c32-23(33)16-22(30-37(35,36)21-7-2-1-3-8-21)29-24(34)18-9-11-20(12-10-18)31-15-4-6-19(17-31)28-25-26-13-5-14-27-25/h1-3,5,7-14,19,22,30H,4,6,15-17H2,(H,29,34)(H,32,33)(H,26,27,28). The zero-order valence-corrected chi connectivity index (χ0v) is 20.8. The summed E-state index contributed by atoms with van der Waals surface area (Å²) in [7, 11) is -4.03. The molecule has 2 atom stereocenters. The molecule has 1 fully saturated rings. The maximum absolute atomic E-state index is 12.8. The first kappa shape index (κ1) is 26.0. The molecule has 0 aliphatic carbocycles. The van der Waals surface area contributed by atoms with Crippen molar-refractivity contribution >= 4 is 33.5 Å². The molecule has 2 aromatic carbocycles. The Morgan fingerprint density at radius 2 is 1.73 bits per heavy atom. The van der Waals surface area contributed by atoms with Gasteiger partial charge in [-0.05, 0) is 55.3 Å². The van der Waals surface area contributed by atoms with Crippen LogP contribution in [0, 0.1) is 0 Å². The molecular weight excluding hydrogens is 496 g/mol. The van der Waals surface area contributed by atoms with Gasteiger partial charge in [-0.25, -0.2) is 18.4 Å². The number of aromatic nitrogens is 2. The minimum atomic E-state index is -4.03. The Morgan fingerprint density at radius 1 is 1.03 bits per heavy atom. The summed E-state index contributed by atoms with van der Waals surface area (Å²) in [4.78, 5) is 34.7. The molecule has 1 aromatic heterocycles. The lowest BCUT2D eigenvalue weighted by molar-refractivity contribution is -0.137. The fraction of sp³-hybridized carbons (Fsp3) is 0.280. The van der Waals surface area contributed by atoms with Gasteiger partial charge in [-0.2, -0.15) is 4.72 Å². The van der Waals surface area contributed by atoms with Crippen LogP contribution in [0.2, 0.25) is 0 Å². The second kappa shape index (κ2) is 11.8. The van der Waals surface area contributed by atoms with Gasteiger partial charge in [0.15, 0.2) is 0 Å². The Kier molecular flexibility index (Phi) is 8.31. The first-order valence-electron chi connectivity index (χ1n) is 11.8. The third kappa shape index (κ3) is 7.24. The number of carbonyl (C=O) groups excluding carboxylic acids is 1. The quantitative estimate of drug-likeness (QED) is 0.292. The van der Waals surface area contributed by atoms with Crippen molar-refractivity contribution in [3.63, 3.8) is 0 Å². The van der Waals surface area contributed by atoms with Crippen LogP contribution in [0.25, 0.3) is 0 Å². The lowest BCUT2D eigenvalue weighted by Gasteiger charge is -2.34. The SMILES string of the molecule is O=C(O)CC(NC(=O)c1ccc(N2CCCC(Nc3ncccn3)C2)cc1)NS(=O)(=O)c1ccccc1. The first-order chi connectivity index (χ1) is 17.8. The van der Waals surface area contributed by atoms with E-state index in [-0.39, 0.29) is 16.5 Å². The highest BCUT2D eigenvalue weighted by Gasteiger charge is 2.25. The number of sulfonamides is 1. The topological polar surface area (TPSA) is 154 Å². The molecule has 1 aliphatic heterocycles. The molecule has 194 valence electrons. The van der Waals surface area contributed by atoms with E-state index in [9.17, 15) is 23.1 Å². The van der Waals surface area contributed by atoms with Gasteiger partial charge in [0, 0.05) is 42.8 Å². The summed E-state index contributed by atoms with van der Waals surface area (Å²) in [5, 5.41) is 15.0. The number of carboxylic acid groups (broad SMARTS) is 1. The van der Waals surface area contributed by atoms with E-state index in [0.29, 0.717) is 5.95 Å². The number of piperidine rings is 1. The van der Waals surface area contributed by atoms with Crippen LogP contribution in [0.5, 0.6) is 0 Å². The average Bonchev–Trinajstić information content (AvgIpc) is 2.89. The molecule has 4 N–H and O–H groups in total. The largest absolute Gasteiger partial charge is 0.481 e. The number of rotatable bonds is 10. The predicted octanol–water partition coefficient (Wildman–Crippen LogP) is 2.07. The van der Waals surface area contributed by atoms with Crippen molar-refractivity contribution in [2.45, 2.75) is 36.4 Å². The van der Waals surface area contributed by atoms with E-state index in [4.69, 9.17) is 0 Å². The first-order valence-corrected chi connectivity index (χ1v) is 13.3. The third-order valence-corrected chi connectivity index (χ3v) is 7.34. The van der Waals surface area contributed by atoms with Gasteiger partial charge >= 0.3 is 5.97 Å². The number of carbonyl (C=O) groups is 2. The molecule has 1 saturated heterocycles. The van der Waals surface area contributed by atoms with Gasteiger partial charge in [0.05, 0.1) is 11.3 Å². The van der Waals surface area contributed by atoms with Crippen LogP contribution >= 0.6 is 0 Å². The number of carboxylic acids is 1. The fourth-order valence-electron chi connectivity index (χ4n) is 4.10. The van der Waals surface area contributed by atoms with Crippen molar-refractivity contribution in [1.29, 1.82) is 0 Å². The van der Waals surface area contributed by atoms with Crippen molar-refractivity contribution < 1.29 is 23.1 Å². The monoisotopic (exact) mass is 524 g/mol. The van der Waals surface area contributed by atoms with E-state index >= 15 is 0 Å². The second-order valence-corrected chi connectivity index (χ2v) is 10.3. The third-order valence-electron chi connectivity index (χ3n) is 5.85. The maximum atomic E-state index is 12.8. The summed E-state index contributed by atoms with van der Waals surface area (Å²) in [5.41, 5.74) is 1.21. The molecular formula is C25H28N6O5S. The van der Waals surface area contributed by atoms with Crippen LogP contribution in [0.4, 0.5) is 11.6 Å². The van der Waals surface area contributed by atoms with Gasteiger partial charge in [0.2, 0.25) is 16.0 Å². The molecule has 0 spiro atoms. The smallest absolute Gasteiger partial charge is 0.306 e. The van der Waals surface area contributed by atoms with Crippen LogP contribution in [0.1, 0.15) is 29.6 Å². The zero-order chi connectivity index (χ0) is 26.3. The number of benzene rings is 2. The van der Waals surface area contributed by atoms with Crippen LogP contribution < -0.4 is 20.3 Å². The number of hydrogen-bond acceptors (Lipinski definition) is 8. The van der Waals surface area contributed by atoms with Gasteiger partial charge < -0.3 is 20.6 Å². The minimum Gasteiger partial charge on any atom is -0.481 e. The second-order valence-electron chi connectivity index (χ2n) is 8.61. The normalized spacial score (nSPS) is 16.5. The number of nitrogens with one attached hydrogen (secondary N) is 3. The average molecular weight is 525 g/mol. The van der Waals surface area contributed by atoms with E-state index < -0.39 is 34.5 Å². The Balaban J connectivity index is 1.39. The van der Waals surface area contributed by atoms with E-state index in [1.807, 2.05) is 12.1 Å². The van der Waals surface area contributed by atoms with E-state index in [0.717, 1.165) is 31.6 Å². The Hall–Kier alpha value is -4.03. The molecule has 2 heterocycles. The van der Waals surface area contributed by atoms with Crippen LogP contribution in [0.15, 0.2) is 78.0 Å². The molecule has 1 amide bonds. The molecule has 1 aliphatic rings. The fourth-order valence-corrected chi connectivity index (χ4v) is 5.27. The Bertz CT molecular complexity index is 1310. The lowest BCUT2D eigenvalue weighted by atomic mass is 10.0. The summed E-state index contributed by atoms with van der Waals surface area (Å²) < 4.78 is 27.5. The van der Waals surface area contributed by atoms with Crippen molar-refractivity contribution in [3.8, 4) is 0 Å². The predicted molar refractivity (Wildman–Crippen MR) is 138 cm³/mol. The van der Waals surface area contributed by atoms with Gasteiger partial charge in [0.25, 0.3) is 5.91 Å². The molecule has 0 bridgehead atoms. The number of hydrogen-bond donors (Lipinski definition) is 4. The van der Waals surface area contributed by atoms with E-state index in [2.05, 4.69) is 30.2 Å². The molecule has 0 saturated carbocycles. The Labute approximate surface area is 215 Å². The molecule has 4 rings (SSSR count). The molecule has 2 unspecified atom stereocenters. The zero-order valence-electron chi connectivity index (χ0n) is 19.9. The number of amides is 1. The van der Waals surface area contributed by atoms with Crippen LogP contribution in [-0.2, 0) is 14.8 Å². The number of nitrogens with zero attached hydrogens (tertiary/aromatic N) is 3. The van der Waals surface area contributed by atoms with Crippen molar-refractivity contribution in [1.82, 2.24) is 20.0 Å². The minimum absolute atomic E-state index is 0.0304. The van der Waals surface area contributed by atoms with Gasteiger partial charge in [0.1, 0.15) is 6.17 Å². The molecule has 11 nitrogen and oxygen atoms in total. The van der Waals surface area contributed by atoms with E-state index in [1.54, 1.807) is 48.8 Å². The van der Waals surface area contributed by atoms with Gasteiger partial charge in [-0.15, -0.1) is 0 Å².